The summed E-state index contributed by atoms with van der Waals surface area (Å²) in [7, 11) is 1.38. The normalized spacial score (nSPS) is 21.4. The maximum absolute atomic E-state index is 11.4. The summed E-state index contributed by atoms with van der Waals surface area (Å²) in [6.07, 6.45) is 0.795. The number of ether oxygens (including phenoxy) is 1. The van der Waals surface area contributed by atoms with Gasteiger partial charge in [-0.25, -0.2) is 4.79 Å². The highest BCUT2D eigenvalue weighted by Crippen LogP contribution is 2.15. The van der Waals surface area contributed by atoms with Crippen molar-refractivity contribution in [2.45, 2.75) is 26.3 Å². The van der Waals surface area contributed by atoms with Crippen LogP contribution in [0.4, 0.5) is 0 Å². The molecular formula is C9H14N2O2S. The van der Waals surface area contributed by atoms with Crippen LogP contribution >= 0.6 is 12.2 Å². The molecule has 5 heteroatoms. The minimum absolute atomic E-state index is 0.0452. The Kier molecular flexibility index (Phi) is 3.46. The molecule has 4 nitrogen and oxygen atoms in total. The first-order chi connectivity index (χ1) is 6.60. The van der Waals surface area contributed by atoms with Gasteiger partial charge in [0, 0.05) is 5.70 Å². The molecule has 0 amide bonds. The van der Waals surface area contributed by atoms with E-state index in [4.69, 9.17) is 17.0 Å². The Morgan fingerprint density at radius 2 is 2.29 bits per heavy atom. The number of methoxy groups -OCH3 is 1. The van der Waals surface area contributed by atoms with Crippen molar-refractivity contribution < 1.29 is 9.53 Å². The second-order valence-electron chi connectivity index (χ2n) is 3.09. The third-order valence-electron chi connectivity index (χ3n) is 2.17. The third-order valence-corrected chi connectivity index (χ3v) is 2.39. The minimum Gasteiger partial charge on any atom is -0.466 e. The summed E-state index contributed by atoms with van der Waals surface area (Å²) in [5, 5.41) is 6.49. The summed E-state index contributed by atoms with van der Waals surface area (Å²) in [4.78, 5) is 11.4. The average Bonchev–Trinajstić information content (AvgIpc) is 2.15. The maximum atomic E-state index is 11.4. The van der Waals surface area contributed by atoms with Crippen molar-refractivity contribution in [1.29, 1.82) is 0 Å². The summed E-state index contributed by atoms with van der Waals surface area (Å²) in [6.45, 7) is 3.81. The number of carbonyl (C=O) groups excluding carboxylic acids is 1. The number of rotatable bonds is 2. The van der Waals surface area contributed by atoms with Crippen molar-refractivity contribution in [2.75, 3.05) is 7.11 Å². The quantitative estimate of drug-likeness (QED) is 0.523. The lowest BCUT2D eigenvalue weighted by atomic mass is 10.0. The molecule has 0 saturated heterocycles. The van der Waals surface area contributed by atoms with Gasteiger partial charge in [0.25, 0.3) is 0 Å². The monoisotopic (exact) mass is 214 g/mol. The van der Waals surface area contributed by atoms with Crippen LogP contribution in [-0.4, -0.2) is 24.2 Å². The first kappa shape index (κ1) is 11.0. The van der Waals surface area contributed by atoms with Crippen LogP contribution in [0, 0.1) is 0 Å². The molecule has 1 rings (SSSR count). The predicted octanol–water partition coefficient (Wildman–Crippen LogP) is 0.690. The van der Waals surface area contributed by atoms with Gasteiger partial charge < -0.3 is 15.4 Å². The smallest absolute Gasteiger partial charge is 0.337 e. The van der Waals surface area contributed by atoms with E-state index in [0.29, 0.717) is 10.7 Å². The molecule has 1 heterocycles. The number of hydrogen-bond acceptors (Lipinski definition) is 3. The van der Waals surface area contributed by atoms with Crippen LogP contribution in [0.5, 0.6) is 0 Å². The van der Waals surface area contributed by atoms with Gasteiger partial charge in [-0.3, -0.25) is 0 Å². The standard InChI is InChI=1S/C9H14N2O2S/c1-4-6-7(8(12)13-3)5(2)10-9(14)11-6/h6H,4H2,1-3H3,(H2,10,11,14). The number of allylic oxidation sites excluding steroid dienone is 1. The summed E-state index contributed by atoms with van der Waals surface area (Å²) >= 11 is 4.99. The van der Waals surface area contributed by atoms with Crippen LogP contribution in [0.25, 0.3) is 0 Å². The minimum atomic E-state index is -0.308. The molecule has 0 aliphatic carbocycles. The fraction of sp³-hybridized carbons (Fsp3) is 0.556. The van der Waals surface area contributed by atoms with Gasteiger partial charge in [0.1, 0.15) is 0 Å². The van der Waals surface area contributed by atoms with Crippen molar-refractivity contribution in [3.8, 4) is 0 Å². The van der Waals surface area contributed by atoms with Gasteiger partial charge in [0.15, 0.2) is 5.11 Å². The van der Waals surface area contributed by atoms with Crippen LogP contribution in [0.1, 0.15) is 20.3 Å². The molecule has 0 aromatic carbocycles. The van der Waals surface area contributed by atoms with E-state index in [1.165, 1.54) is 7.11 Å². The largest absolute Gasteiger partial charge is 0.466 e. The average molecular weight is 214 g/mol. The van der Waals surface area contributed by atoms with Crippen LogP contribution < -0.4 is 10.6 Å². The molecule has 1 aliphatic heterocycles. The summed E-state index contributed by atoms with van der Waals surface area (Å²) in [6, 6.07) is -0.0452. The zero-order valence-electron chi connectivity index (χ0n) is 8.51. The highest BCUT2D eigenvalue weighted by molar-refractivity contribution is 7.80. The molecule has 78 valence electrons. The lowest BCUT2D eigenvalue weighted by Crippen LogP contribution is -2.49. The highest BCUT2D eigenvalue weighted by atomic mass is 32.1. The number of hydrogen-bond donors (Lipinski definition) is 2. The third kappa shape index (κ3) is 2.04. The fourth-order valence-corrected chi connectivity index (χ4v) is 1.77. The second-order valence-corrected chi connectivity index (χ2v) is 3.50. The van der Waals surface area contributed by atoms with Gasteiger partial charge in [0.05, 0.1) is 18.7 Å². The summed E-state index contributed by atoms with van der Waals surface area (Å²) in [5.41, 5.74) is 1.40. The van der Waals surface area contributed by atoms with Gasteiger partial charge in [0.2, 0.25) is 0 Å². The van der Waals surface area contributed by atoms with Gasteiger partial charge in [-0.1, -0.05) is 6.92 Å². The highest BCUT2D eigenvalue weighted by Gasteiger charge is 2.27. The Balaban J connectivity index is 3.00. The van der Waals surface area contributed by atoms with E-state index >= 15 is 0 Å². The van der Waals surface area contributed by atoms with Crippen molar-refractivity contribution in [3.05, 3.63) is 11.3 Å². The molecule has 1 atom stereocenters. The molecule has 0 bridgehead atoms. The maximum Gasteiger partial charge on any atom is 0.337 e. The molecule has 0 radical (unpaired) electrons. The molecule has 1 aliphatic rings. The lowest BCUT2D eigenvalue weighted by molar-refractivity contribution is -0.136. The van der Waals surface area contributed by atoms with E-state index in [0.717, 1.165) is 12.1 Å². The Labute approximate surface area is 88.7 Å². The SMILES string of the molecule is CCC1NC(=S)NC(C)=C1C(=O)OC. The van der Waals surface area contributed by atoms with Gasteiger partial charge in [-0.05, 0) is 25.6 Å². The molecule has 0 fully saturated rings. The van der Waals surface area contributed by atoms with E-state index in [1.807, 2.05) is 13.8 Å². The first-order valence-electron chi connectivity index (χ1n) is 4.46. The van der Waals surface area contributed by atoms with Crippen LogP contribution in [-0.2, 0) is 9.53 Å². The predicted molar refractivity (Wildman–Crippen MR) is 57.7 cm³/mol. The number of carbonyl (C=O) groups is 1. The second kappa shape index (κ2) is 4.41. The molecule has 0 aromatic rings. The van der Waals surface area contributed by atoms with Crippen molar-refractivity contribution >= 4 is 23.3 Å². The number of nitrogens with one attached hydrogen (secondary N) is 2. The van der Waals surface area contributed by atoms with E-state index in [-0.39, 0.29) is 12.0 Å². The molecule has 0 spiro atoms. The van der Waals surface area contributed by atoms with Crippen LogP contribution in [0.15, 0.2) is 11.3 Å². The zero-order chi connectivity index (χ0) is 10.7. The molecule has 1 unspecified atom stereocenters. The van der Waals surface area contributed by atoms with Gasteiger partial charge >= 0.3 is 5.97 Å². The van der Waals surface area contributed by atoms with Crippen LogP contribution in [0.2, 0.25) is 0 Å². The van der Waals surface area contributed by atoms with Gasteiger partial charge in [-0.2, -0.15) is 0 Å². The van der Waals surface area contributed by atoms with E-state index in [1.54, 1.807) is 0 Å². The number of esters is 1. The molecular weight excluding hydrogens is 200 g/mol. The van der Waals surface area contributed by atoms with Gasteiger partial charge in [-0.15, -0.1) is 0 Å². The topological polar surface area (TPSA) is 50.4 Å². The fourth-order valence-electron chi connectivity index (χ4n) is 1.48. The molecule has 0 saturated carbocycles. The molecule has 2 N–H and O–H groups in total. The Morgan fingerprint density at radius 3 is 2.79 bits per heavy atom. The van der Waals surface area contributed by atoms with E-state index in [2.05, 4.69) is 10.6 Å². The van der Waals surface area contributed by atoms with E-state index in [9.17, 15) is 4.79 Å². The first-order valence-corrected chi connectivity index (χ1v) is 4.87. The van der Waals surface area contributed by atoms with E-state index < -0.39 is 0 Å². The Morgan fingerprint density at radius 1 is 1.64 bits per heavy atom. The van der Waals surface area contributed by atoms with Crippen molar-refractivity contribution in [2.24, 2.45) is 0 Å². The Hall–Kier alpha value is -1.10. The summed E-state index contributed by atoms with van der Waals surface area (Å²) < 4.78 is 4.71. The van der Waals surface area contributed by atoms with Crippen molar-refractivity contribution in [3.63, 3.8) is 0 Å². The molecule has 14 heavy (non-hydrogen) atoms. The number of thiocarbonyl (C=S) groups is 1. The summed E-state index contributed by atoms with van der Waals surface area (Å²) in [5.74, 6) is -0.308. The van der Waals surface area contributed by atoms with Crippen LogP contribution in [0.3, 0.4) is 0 Å². The lowest BCUT2D eigenvalue weighted by Gasteiger charge is -2.28. The Bertz CT molecular complexity index is 299. The van der Waals surface area contributed by atoms with Crippen molar-refractivity contribution in [1.82, 2.24) is 10.6 Å². The zero-order valence-corrected chi connectivity index (χ0v) is 9.33. The molecule has 0 aromatic heterocycles.